The van der Waals surface area contributed by atoms with Gasteiger partial charge in [0.15, 0.2) is 0 Å². The molecule has 0 aromatic heterocycles. The zero-order chi connectivity index (χ0) is 9.10. The van der Waals surface area contributed by atoms with Crippen molar-refractivity contribution in [1.82, 2.24) is 0 Å². The lowest BCUT2D eigenvalue weighted by Gasteiger charge is -2.34. The third-order valence-corrected chi connectivity index (χ3v) is 3.05. The highest BCUT2D eigenvalue weighted by atomic mass is 16.5. The largest absolute Gasteiger partial charge is 0.375 e. The highest BCUT2D eigenvalue weighted by Gasteiger charge is 2.34. The van der Waals surface area contributed by atoms with E-state index in [0.717, 1.165) is 26.1 Å². The van der Waals surface area contributed by atoms with Crippen LogP contribution in [0.1, 0.15) is 25.7 Å². The average Bonchev–Trinajstić information content (AvgIpc) is 2.41. The van der Waals surface area contributed by atoms with E-state index in [1.807, 2.05) is 6.08 Å². The lowest BCUT2D eigenvalue weighted by molar-refractivity contribution is -0.0762. The predicted octanol–water partition coefficient (Wildman–Crippen LogP) is 2.15. The Morgan fingerprint density at radius 1 is 1.08 bits per heavy atom. The maximum absolute atomic E-state index is 5.81. The fourth-order valence-corrected chi connectivity index (χ4v) is 2.33. The van der Waals surface area contributed by atoms with Gasteiger partial charge in [-0.1, -0.05) is 12.5 Å². The van der Waals surface area contributed by atoms with E-state index in [4.69, 9.17) is 9.47 Å². The first kappa shape index (κ1) is 9.22. The van der Waals surface area contributed by atoms with Gasteiger partial charge in [-0.2, -0.15) is 0 Å². The molecule has 74 valence electrons. The molecule has 1 aliphatic heterocycles. The summed E-state index contributed by atoms with van der Waals surface area (Å²) in [7, 11) is 0. The van der Waals surface area contributed by atoms with Gasteiger partial charge in [0, 0.05) is 19.1 Å². The summed E-state index contributed by atoms with van der Waals surface area (Å²) in [4.78, 5) is 0. The molecule has 2 nitrogen and oxygen atoms in total. The van der Waals surface area contributed by atoms with Crippen LogP contribution in [0.5, 0.6) is 0 Å². The third-order valence-electron chi connectivity index (χ3n) is 3.05. The summed E-state index contributed by atoms with van der Waals surface area (Å²) in [6.45, 7) is 5.59. The molecule has 0 amide bonds. The van der Waals surface area contributed by atoms with Crippen LogP contribution in [0, 0.1) is 5.92 Å². The van der Waals surface area contributed by atoms with Gasteiger partial charge >= 0.3 is 0 Å². The molecule has 0 aromatic rings. The van der Waals surface area contributed by atoms with Crippen LogP contribution >= 0.6 is 0 Å². The summed E-state index contributed by atoms with van der Waals surface area (Å²) in [5.74, 6) is 0.511. The smallest absolute Gasteiger partial charge is 0.0898 e. The lowest BCUT2D eigenvalue weighted by atomic mass is 9.84. The topological polar surface area (TPSA) is 18.5 Å². The Morgan fingerprint density at radius 2 is 1.92 bits per heavy atom. The summed E-state index contributed by atoms with van der Waals surface area (Å²) >= 11 is 0. The van der Waals surface area contributed by atoms with E-state index in [1.165, 1.54) is 12.8 Å². The maximum atomic E-state index is 5.81. The SMILES string of the molecule is C=CC1CCCC2OCCCOC12. The Balaban J connectivity index is 2.04. The van der Waals surface area contributed by atoms with Crippen molar-refractivity contribution in [2.24, 2.45) is 5.92 Å². The van der Waals surface area contributed by atoms with Crippen molar-refractivity contribution in [2.75, 3.05) is 13.2 Å². The van der Waals surface area contributed by atoms with Crippen LogP contribution in [-0.4, -0.2) is 25.4 Å². The molecule has 0 radical (unpaired) electrons. The van der Waals surface area contributed by atoms with Crippen molar-refractivity contribution in [1.29, 1.82) is 0 Å². The quantitative estimate of drug-likeness (QED) is 0.578. The van der Waals surface area contributed by atoms with Gasteiger partial charge in [0.1, 0.15) is 0 Å². The number of rotatable bonds is 1. The minimum Gasteiger partial charge on any atom is -0.375 e. The lowest BCUT2D eigenvalue weighted by Crippen LogP contribution is -2.39. The molecule has 0 bridgehead atoms. The van der Waals surface area contributed by atoms with E-state index in [1.54, 1.807) is 0 Å². The van der Waals surface area contributed by atoms with Crippen LogP contribution in [0.25, 0.3) is 0 Å². The molecule has 2 heteroatoms. The highest BCUT2D eigenvalue weighted by Crippen LogP contribution is 2.31. The fourth-order valence-electron chi connectivity index (χ4n) is 2.33. The van der Waals surface area contributed by atoms with Crippen LogP contribution < -0.4 is 0 Å². The molecule has 1 aliphatic carbocycles. The van der Waals surface area contributed by atoms with Crippen molar-refractivity contribution >= 4 is 0 Å². The highest BCUT2D eigenvalue weighted by molar-refractivity contribution is 4.93. The summed E-state index contributed by atoms with van der Waals surface area (Å²) in [5, 5.41) is 0. The number of hydrogen-bond acceptors (Lipinski definition) is 2. The second-order valence-corrected chi connectivity index (χ2v) is 3.93. The fraction of sp³-hybridized carbons (Fsp3) is 0.818. The van der Waals surface area contributed by atoms with Gasteiger partial charge < -0.3 is 9.47 Å². The van der Waals surface area contributed by atoms with Gasteiger partial charge in [-0.15, -0.1) is 6.58 Å². The Morgan fingerprint density at radius 3 is 2.77 bits per heavy atom. The molecule has 13 heavy (non-hydrogen) atoms. The molecule has 1 saturated heterocycles. The Labute approximate surface area is 79.9 Å². The molecule has 2 aliphatic rings. The zero-order valence-corrected chi connectivity index (χ0v) is 8.08. The van der Waals surface area contributed by atoms with Gasteiger partial charge in [-0.3, -0.25) is 0 Å². The maximum Gasteiger partial charge on any atom is 0.0898 e. The van der Waals surface area contributed by atoms with Gasteiger partial charge in [0.2, 0.25) is 0 Å². The van der Waals surface area contributed by atoms with Crippen molar-refractivity contribution < 1.29 is 9.47 Å². The second kappa shape index (κ2) is 4.25. The molecule has 0 aromatic carbocycles. The molecular formula is C11H18O2. The molecule has 0 spiro atoms. The zero-order valence-electron chi connectivity index (χ0n) is 8.08. The van der Waals surface area contributed by atoms with Crippen LogP contribution in [0.15, 0.2) is 12.7 Å². The number of hydrogen-bond donors (Lipinski definition) is 0. The third kappa shape index (κ3) is 1.94. The van der Waals surface area contributed by atoms with Crippen molar-refractivity contribution in [3.8, 4) is 0 Å². The van der Waals surface area contributed by atoms with E-state index in [0.29, 0.717) is 12.0 Å². The normalized spacial score (nSPS) is 40.5. The van der Waals surface area contributed by atoms with Crippen molar-refractivity contribution in [3.05, 3.63) is 12.7 Å². The summed E-state index contributed by atoms with van der Waals surface area (Å²) in [6.07, 6.45) is 7.32. The summed E-state index contributed by atoms with van der Waals surface area (Å²) in [6, 6.07) is 0. The first-order valence-corrected chi connectivity index (χ1v) is 5.27. The molecule has 3 atom stereocenters. The molecule has 2 fully saturated rings. The first-order valence-electron chi connectivity index (χ1n) is 5.27. The van der Waals surface area contributed by atoms with Crippen LogP contribution in [0.3, 0.4) is 0 Å². The summed E-state index contributed by atoms with van der Waals surface area (Å²) in [5.41, 5.74) is 0. The van der Waals surface area contributed by atoms with Crippen LogP contribution in [0.4, 0.5) is 0 Å². The predicted molar refractivity (Wildman–Crippen MR) is 51.6 cm³/mol. The molecule has 0 N–H and O–H groups in total. The number of ether oxygens (including phenoxy) is 2. The first-order chi connectivity index (χ1) is 6.42. The van der Waals surface area contributed by atoms with E-state index in [-0.39, 0.29) is 6.10 Å². The minimum atomic E-state index is 0.286. The average molecular weight is 182 g/mol. The van der Waals surface area contributed by atoms with E-state index >= 15 is 0 Å². The standard InChI is InChI=1S/C11H18O2/c1-2-9-5-3-6-10-11(9)13-8-4-7-12-10/h2,9-11H,1,3-8H2. The Kier molecular flexibility index (Phi) is 3.01. The second-order valence-electron chi connectivity index (χ2n) is 3.93. The molecule has 1 saturated carbocycles. The van der Waals surface area contributed by atoms with Crippen molar-refractivity contribution in [3.63, 3.8) is 0 Å². The van der Waals surface area contributed by atoms with Gasteiger partial charge in [0.25, 0.3) is 0 Å². The van der Waals surface area contributed by atoms with Crippen LogP contribution in [-0.2, 0) is 9.47 Å². The van der Waals surface area contributed by atoms with E-state index in [2.05, 4.69) is 6.58 Å². The van der Waals surface area contributed by atoms with E-state index < -0.39 is 0 Å². The molecule has 2 rings (SSSR count). The van der Waals surface area contributed by atoms with Gasteiger partial charge in [-0.25, -0.2) is 0 Å². The Bertz CT molecular complexity index is 179. The molecule has 3 unspecified atom stereocenters. The number of fused-ring (bicyclic) bond motifs is 1. The van der Waals surface area contributed by atoms with Gasteiger partial charge in [-0.05, 0) is 19.3 Å². The summed E-state index contributed by atoms with van der Waals surface area (Å²) < 4.78 is 11.6. The monoisotopic (exact) mass is 182 g/mol. The van der Waals surface area contributed by atoms with Gasteiger partial charge in [0.05, 0.1) is 12.2 Å². The van der Waals surface area contributed by atoms with Crippen LogP contribution in [0.2, 0.25) is 0 Å². The van der Waals surface area contributed by atoms with Crippen molar-refractivity contribution in [2.45, 2.75) is 37.9 Å². The Hall–Kier alpha value is -0.340. The van der Waals surface area contributed by atoms with E-state index in [9.17, 15) is 0 Å². The molecular weight excluding hydrogens is 164 g/mol. The minimum absolute atomic E-state index is 0.286. The molecule has 1 heterocycles.